The third kappa shape index (κ3) is 5.36. The van der Waals surface area contributed by atoms with Gasteiger partial charge in [-0.3, -0.25) is 14.4 Å². The highest BCUT2D eigenvalue weighted by Crippen LogP contribution is 2.51. The zero-order valence-electron chi connectivity index (χ0n) is 29.6. The van der Waals surface area contributed by atoms with E-state index < -0.39 is 29.5 Å². The highest BCUT2D eigenvalue weighted by molar-refractivity contribution is 7.39. The van der Waals surface area contributed by atoms with Crippen LogP contribution >= 0.6 is 45.3 Å². The standard InChI is InChI=1S/C44H17N5O6S4/c45-14-20-6-26-27(7-21(20)15-46)37(51)30(36(26)50)10-24-12-32-40(56-24)34-42(58-32)43-35(49(34)44(54)55-18-19-4-2-1-3-5-19)41-33(59-43)13-25(57-41)11-31-38(52)28-8-22(16-47)23(17-48)9-29(28)39(31)53/h1-13,36,50H,18H2/b30-10+. The van der Waals surface area contributed by atoms with E-state index in [0.717, 1.165) is 33.8 Å². The molecule has 0 fully saturated rings. The summed E-state index contributed by atoms with van der Waals surface area (Å²) in [6, 6.07) is 26.0. The third-order valence-corrected chi connectivity index (χ3v) is 15.1. The van der Waals surface area contributed by atoms with Crippen molar-refractivity contribution in [3.63, 3.8) is 0 Å². The quantitative estimate of drug-likeness (QED) is 0.131. The fourth-order valence-corrected chi connectivity index (χ4v) is 12.8. The molecule has 0 radical (unpaired) electrons. The summed E-state index contributed by atoms with van der Waals surface area (Å²) in [5.41, 5.74) is 2.73. The maximum Gasteiger partial charge on any atom is 0.419 e. The zero-order valence-corrected chi connectivity index (χ0v) is 32.9. The number of aliphatic hydroxyl groups is 1. The number of hydrogen-bond acceptors (Lipinski definition) is 14. The number of nitrogens with zero attached hydrogens (tertiary/aromatic N) is 5. The van der Waals surface area contributed by atoms with E-state index in [1.165, 1.54) is 75.7 Å². The summed E-state index contributed by atoms with van der Waals surface area (Å²) in [4.78, 5) is 55.9. The van der Waals surface area contributed by atoms with Crippen LogP contribution in [0.3, 0.4) is 0 Å². The summed E-state index contributed by atoms with van der Waals surface area (Å²) in [7, 11) is 0. The Morgan fingerprint density at radius 1 is 0.661 bits per heavy atom. The van der Waals surface area contributed by atoms with Crippen LogP contribution < -0.4 is 0 Å². The van der Waals surface area contributed by atoms with Crippen LogP contribution in [0.1, 0.15) is 80.3 Å². The number of hydrogen-bond donors (Lipinski definition) is 1. The van der Waals surface area contributed by atoms with E-state index in [0.29, 0.717) is 20.8 Å². The van der Waals surface area contributed by atoms with E-state index in [1.54, 1.807) is 10.6 Å². The van der Waals surface area contributed by atoms with Crippen molar-refractivity contribution in [1.29, 1.82) is 21.0 Å². The molecule has 15 heteroatoms. The van der Waals surface area contributed by atoms with Crippen LogP contribution in [-0.4, -0.2) is 33.1 Å². The molecule has 0 bridgehead atoms. The van der Waals surface area contributed by atoms with E-state index in [-0.39, 0.29) is 62.3 Å². The Hall–Kier alpha value is -7.34. The third-order valence-electron chi connectivity index (χ3n) is 10.2. The lowest BCUT2D eigenvalue weighted by atomic mass is 10.0. The van der Waals surface area contributed by atoms with Crippen molar-refractivity contribution in [2.24, 2.45) is 0 Å². The number of ketones is 3. The largest absolute Gasteiger partial charge is 0.444 e. The van der Waals surface area contributed by atoms with Crippen LogP contribution in [0.2, 0.25) is 0 Å². The van der Waals surface area contributed by atoms with Crippen molar-refractivity contribution in [2.75, 3.05) is 0 Å². The minimum Gasteiger partial charge on any atom is -0.444 e. The molecule has 5 aromatic heterocycles. The monoisotopic (exact) mass is 839 g/mol. The molecule has 59 heavy (non-hydrogen) atoms. The Morgan fingerprint density at radius 3 is 1.71 bits per heavy atom. The fraction of sp³-hybridized carbons (Fsp3) is 0.0455. The minimum absolute atomic E-state index is 0.0107. The molecule has 8 aromatic rings. The van der Waals surface area contributed by atoms with Crippen molar-refractivity contribution >= 4 is 120 Å². The molecule has 3 aromatic carbocycles. The smallest absolute Gasteiger partial charge is 0.419 e. The molecule has 0 aliphatic heterocycles. The molecule has 0 saturated heterocycles. The maximum atomic E-state index is 14.3. The Balaban J connectivity index is 1.09. The molecule has 0 saturated carbocycles. The fourth-order valence-electron chi connectivity index (χ4n) is 7.52. The summed E-state index contributed by atoms with van der Waals surface area (Å²) < 4.78 is 12.3. The van der Waals surface area contributed by atoms with Crippen molar-refractivity contribution < 1.29 is 29.0 Å². The van der Waals surface area contributed by atoms with Crippen LogP contribution in [0.5, 0.6) is 0 Å². The van der Waals surface area contributed by atoms with Gasteiger partial charge in [0.15, 0.2) is 17.3 Å². The molecular formula is C44H17N5O6S4. The number of Topliss-reactive ketones (excluding diaryl/α,β-unsaturated/α-hetero) is 3. The molecule has 1 N–H and O–H groups in total. The number of aromatic nitrogens is 1. The number of aliphatic hydroxyl groups excluding tert-OH is 1. The first-order valence-corrected chi connectivity index (χ1v) is 20.7. The van der Waals surface area contributed by atoms with Gasteiger partial charge in [0.2, 0.25) is 0 Å². The number of nitriles is 4. The molecule has 10 rings (SSSR count). The van der Waals surface area contributed by atoms with Gasteiger partial charge in [-0.1, -0.05) is 30.3 Å². The van der Waals surface area contributed by atoms with E-state index in [9.17, 15) is 45.3 Å². The lowest BCUT2D eigenvalue weighted by Crippen LogP contribution is -2.13. The van der Waals surface area contributed by atoms with Crippen LogP contribution in [-0.2, 0) is 11.3 Å². The first kappa shape index (κ1) is 36.0. The van der Waals surface area contributed by atoms with E-state index in [4.69, 9.17) is 4.74 Å². The Morgan fingerprint density at radius 2 is 1.17 bits per heavy atom. The van der Waals surface area contributed by atoms with Gasteiger partial charge in [0.1, 0.15) is 37.0 Å². The number of ether oxygens (including phenoxy) is 1. The molecule has 1 unspecified atom stereocenters. The van der Waals surface area contributed by atoms with Crippen molar-refractivity contribution in [1.82, 2.24) is 4.57 Å². The van der Waals surface area contributed by atoms with Gasteiger partial charge in [-0.25, -0.2) is 9.36 Å². The predicted octanol–water partition coefficient (Wildman–Crippen LogP) is 9.79. The number of carbonyl (C=O) groups excluding carboxylic acids is 4. The highest BCUT2D eigenvalue weighted by Gasteiger charge is 2.36. The Kier molecular flexibility index (Phi) is 8.17. The summed E-state index contributed by atoms with van der Waals surface area (Å²) >= 11 is 5.57. The first-order chi connectivity index (χ1) is 28.6. The highest BCUT2D eigenvalue weighted by atomic mass is 32.1. The van der Waals surface area contributed by atoms with Crippen LogP contribution in [0, 0.1) is 45.3 Å². The number of allylic oxidation sites excluding steroid dienone is 1. The number of benzene rings is 3. The lowest BCUT2D eigenvalue weighted by Gasteiger charge is -2.07. The van der Waals surface area contributed by atoms with Gasteiger partial charge in [0.25, 0.3) is 0 Å². The van der Waals surface area contributed by atoms with Gasteiger partial charge in [-0.2, -0.15) is 21.0 Å². The van der Waals surface area contributed by atoms with Crippen molar-refractivity contribution in [3.8, 4) is 24.3 Å². The van der Waals surface area contributed by atoms with Gasteiger partial charge in [0.05, 0.1) is 57.7 Å². The van der Waals surface area contributed by atoms with Crippen LogP contribution in [0.4, 0.5) is 4.79 Å². The second-order valence-electron chi connectivity index (χ2n) is 13.5. The van der Waals surface area contributed by atoms with Gasteiger partial charge in [0, 0.05) is 41.4 Å². The first-order valence-electron chi connectivity index (χ1n) is 17.5. The molecule has 5 heterocycles. The number of fused-ring (bicyclic) bond motifs is 9. The van der Waals surface area contributed by atoms with Gasteiger partial charge in [-0.15, -0.1) is 45.3 Å². The van der Waals surface area contributed by atoms with Gasteiger partial charge < -0.3 is 9.84 Å². The predicted molar refractivity (Wildman–Crippen MR) is 224 cm³/mol. The number of rotatable bonds is 4. The summed E-state index contributed by atoms with van der Waals surface area (Å²) in [6.45, 7) is 0.0123. The molecule has 1 atom stereocenters. The number of thiophene rings is 4. The molecule has 2 aliphatic carbocycles. The molecule has 2 aliphatic rings. The average molecular weight is 840 g/mol. The Labute approximate surface area is 347 Å². The molecule has 0 spiro atoms. The molecule has 278 valence electrons. The second-order valence-corrected chi connectivity index (χ2v) is 17.8. The number of carbonyl (C=O) groups is 4. The normalized spacial score (nSPS) is 15.2. The maximum absolute atomic E-state index is 14.3. The molecular weight excluding hydrogens is 823 g/mol. The average Bonchev–Trinajstić information content (AvgIpc) is 4.11. The Bertz CT molecular complexity index is 3490. The van der Waals surface area contributed by atoms with E-state index in [1.807, 2.05) is 66.7 Å². The second kappa shape index (κ2) is 13.4. The summed E-state index contributed by atoms with van der Waals surface area (Å²) in [6.07, 6.45) is 1.18. The topological polar surface area (TPSA) is 198 Å². The molecule has 0 amide bonds. The summed E-state index contributed by atoms with van der Waals surface area (Å²) in [5, 5.41) is 49.2. The lowest BCUT2D eigenvalue weighted by molar-refractivity contribution is 0.0986. The van der Waals surface area contributed by atoms with E-state index in [2.05, 4.69) is 0 Å². The zero-order chi connectivity index (χ0) is 40.9. The SMILES string of the molecule is N#Cc1cc2c(cc1C#N)C(=O)C(=Cc1cc3sc4c5sc6cc(/C=C7/C(=O)c8cc(C#N)c(C#N)cc8C7O)sc6c5n(C(=O)OCc5ccccc5)c4c3s1)C2=O. The van der Waals surface area contributed by atoms with Crippen molar-refractivity contribution in [3.05, 3.63) is 138 Å². The van der Waals surface area contributed by atoms with Crippen molar-refractivity contribution in [2.45, 2.75) is 12.7 Å². The van der Waals surface area contributed by atoms with Gasteiger partial charge >= 0.3 is 6.09 Å². The van der Waals surface area contributed by atoms with E-state index >= 15 is 0 Å². The van der Waals surface area contributed by atoms with Crippen LogP contribution in [0.25, 0.3) is 51.4 Å². The minimum atomic E-state index is -1.30. The van der Waals surface area contributed by atoms with Crippen LogP contribution in [0.15, 0.2) is 77.9 Å². The molecule has 11 nitrogen and oxygen atoms in total. The van der Waals surface area contributed by atoms with Gasteiger partial charge in [-0.05, 0) is 59.7 Å². The summed E-state index contributed by atoms with van der Waals surface area (Å²) in [5.74, 6) is -1.53.